The first kappa shape index (κ1) is 21.4. The number of aryl methyl sites for hydroxylation is 1. The van der Waals surface area contributed by atoms with Crippen LogP contribution in [0.3, 0.4) is 0 Å². The van der Waals surface area contributed by atoms with E-state index in [1.807, 2.05) is 16.7 Å². The number of pyridine rings is 1. The molecule has 1 aliphatic heterocycles. The van der Waals surface area contributed by atoms with Gasteiger partial charge in [0.1, 0.15) is 11.6 Å². The van der Waals surface area contributed by atoms with Crippen LogP contribution < -0.4 is 5.32 Å². The van der Waals surface area contributed by atoms with Gasteiger partial charge in [0.2, 0.25) is 5.91 Å². The summed E-state index contributed by atoms with van der Waals surface area (Å²) < 4.78 is 16.2. The van der Waals surface area contributed by atoms with Crippen molar-refractivity contribution in [2.75, 3.05) is 13.1 Å². The molecule has 0 saturated heterocycles. The average Bonchev–Trinajstić information content (AvgIpc) is 3.05. The molecule has 0 saturated carbocycles. The van der Waals surface area contributed by atoms with Crippen molar-refractivity contribution in [3.8, 4) is 0 Å². The fourth-order valence-electron chi connectivity index (χ4n) is 3.69. The molecule has 7 nitrogen and oxygen atoms in total. The average molecular weight is 443 g/mol. The number of carbonyl (C=O) groups excluding carboxylic acids is 1. The minimum Gasteiger partial charge on any atom is -0.349 e. The second-order valence-corrected chi connectivity index (χ2v) is 7.96. The Bertz CT molecular complexity index is 1020. The summed E-state index contributed by atoms with van der Waals surface area (Å²) in [5.41, 5.74) is 1.55. The number of benzene rings is 1. The summed E-state index contributed by atoms with van der Waals surface area (Å²) >= 11 is 6.18. The highest BCUT2D eigenvalue weighted by Crippen LogP contribution is 2.22. The number of aromatic nitrogens is 4. The van der Waals surface area contributed by atoms with E-state index in [2.05, 4.69) is 25.4 Å². The van der Waals surface area contributed by atoms with Crippen molar-refractivity contribution in [1.82, 2.24) is 30.0 Å². The van der Waals surface area contributed by atoms with Gasteiger partial charge in [-0.1, -0.05) is 23.7 Å². The van der Waals surface area contributed by atoms with E-state index in [0.717, 1.165) is 30.3 Å². The first-order valence-electron chi connectivity index (χ1n) is 10.3. The molecule has 0 spiro atoms. The third kappa shape index (κ3) is 5.45. The van der Waals surface area contributed by atoms with Gasteiger partial charge in [-0.15, -0.1) is 10.2 Å². The molecule has 4 rings (SSSR count). The van der Waals surface area contributed by atoms with E-state index in [-0.39, 0.29) is 11.7 Å². The first-order chi connectivity index (χ1) is 15.1. The van der Waals surface area contributed by atoms with Gasteiger partial charge in [0, 0.05) is 62.0 Å². The minimum atomic E-state index is -0.286. The van der Waals surface area contributed by atoms with Crippen molar-refractivity contribution in [2.45, 2.75) is 38.9 Å². The van der Waals surface area contributed by atoms with Crippen LogP contribution in [0.25, 0.3) is 0 Å². The molecule has 2 aromatic heterocycles. The Morgan fingerprint density at radius 2 is 2.06 bits per heavy atom. The molecule has 0 atom stereocenters. The van der Waals surface area contributed by atoms with Crippen molar-refractivity contribution in [2.24, 2.45) is 0 Å². The number of nitrogens with one attached hydrogen (secondary N) is 1. The van der Waals surface area contributed by atoms with Gasteiger partial charge in [-0.2, -0.15) is 0 Å². The van der Waals surface area contributed by atoms with Gasteiger partial charge in [-0.05, 0) is 30.2 Å². The fourth-order valence-corrected chi connectivity index (χ4v) is 3.92. The van der Waals surface area contributed by atoms with Crippen LogP contribution >= 0.6 is 11.6 Å². The van der Waals surface area contributed by atoms with E-state index in [1.54, 1.807) is 24.5 Å². The van der Waals surface area contributed by atoms with Crippen LogP contribution in [-0.2, 0) is 37.3 Å². The summed E-state index contributed by atoms with van der Waals surface area (Å²) in [5, 5.41) is 11.9. The second-order valence-electron chi connectivity index (χ2n) is 7.55. The summed E-state index contributed by atoms with van der Waals surface area (Å²) in [4.78, 5) is 18.4. The van der Waals surface area contributed by atoms with Crippen molar-refractivity contribution >= 4 is 17.5 Å². The molecular formula is C22H24ClFN6O. The topological polar surface area (TPSA) is 75.9 Å². The fraction of sp³-hybridized carbons (Fsp3) is 0.364. The third-order valence-electron chi connectivity index (χ3n) is 5.45. The summed E-state index contributed by atoms with van der Waals surface area (Å²) in [6, 6.07) is 8.58. The van der Waals surface area contributed by atoms with Gasteiger partial charge >= 0.3 is 0 Å². The largest absolute Gasteiger partial charge is 0.349 e. The number of amides is 1. The zero-order valence-corrected chi connectivity index (χ0v) is 17.9. The quantitative estimate of drug-likeness (QED) is 0.609. The van der Waals surface area contributed by atoms with E-state index in [9.17, 15) is 9.18 Å². The van der Waals surface area contributed by atoms with Crippen LogP contribution in [-0.4, -0.2) is 43.6 Å². The number of carbonyl (C=O) groups is 1. The molecule has 162 valence electrons. The maximum Gasteiger partial charge on any atom is 0.220 e. The third-order valence-corrected chi connectivity index (χ3v) is 5.80. The number of halogens is 2. The first-order valence-corrected chi connectivity index (χ1v) is 10.7. The molecule has 0 unspecified atom stereocenters. The number of fused-ring (bicyclic) bond motifs is 1. The highest BCUT2D eigenvalue weighted by Gasteiger charge is 2.20. The predicted octanol–water partition coefficient (Wildman–Crippen LogP) is 2.77. The molecule has 31 heavy (non-hydrogen) atoms. The zero-order chi connectivity index (χ0) is 21.6. The van der Waals surface area contributed by atoms with Gasteiger partial charge in [0.25, 0.3) is 0 Å². The van der Waals surface area contributed by atoms with Crippen LogP contribution in [0.5, 0.6) is 0 Å². The van der Waals surface area contributed by atoms with Crippen LogP contribution in [0.1, 0.15) is 29.2 Å². The minimum absolute atomic E-state index is 0.0364. The standard InChI is InChI=1S/C22H24ClFN6O/c23-18-4-1-5-19(24)17(18)15-29-10-8-20-27-28-21(30(20)12-11-29)14-26-22(31)7-6-16-3-2-9-25-13-16/h1-5,9,13H,6-8,10-12,14-15H2,(H,26,31). The lowest BCUT2D eigenvalue weighted by atomic mass is 10.1. The van der Waals surface area contributed by atoms with Gasteiger partial charge in [-0.3, -0.25) is 14.7 Å². The number of hydrogen-bond donors (Lipinski definition) is 1. The van der Waals surface area contributed by atoms with Crippen molar-refractivity contribution < 1.29 is 9.18 Å². The van der Waals surface area contributed by atoms with Gasteiger partial charge < -0.3 is 9.88 Å². The SMILES string of the molecule is O=C(CCc1cccnc1)NCc1nnc2n1CCN(Cc1c(F)cccc1Cl)CC2. The lowest BCUT2D eigenvalue weighted by molar-refractivity contribution is -0.121. The second kappa shape index (κ2) is 9.98. The van der Waals surface area contributed by atoms with Crippen LogP contribution in [0, 0.1) is 5.82 Å². The molecule has 3 heterocycles. The monoisotopic (exact) mass is 442 g/mol. The highest BCUT2D eigenvalue weighted by molar-refractivity contribution is 6.31. The number of nitrogens with zero attached hydrogens (tertiary/aromatic N) is 5. The summed E-state index contributed by atoms with van der Waals surface area (Å²) in [6.45, 7) is 2.91. The Hall–Kier alpha value is -2.84. The Morgan fingerprint density at radius 1 is 1.16 bits per heavy atom. The molecule has 1 aromatic carbocycles. The Balaban J connectivity index is 1.31. The summed E-state index contributed by atoms with van der Waals surface area (Å²) in [6.07, 6.45) is 5.22. The molecule has 1 amide bonds. The maximum absolute atomic E-state index is 14.1. The van der Waals surface area contributed by atoms with Gasteiger partial charge in [-0.25, -0.2) is 4.39 Å². The van der Waals surface area contributed by atoms with E-state index < -0.39 is 0 Å². The van der Waals surface area contributed by atoms with E-state index >= 15 is 0 Å². The van der Waals surface area contributed by atoms with Crippen molar-refractivity contribution in [3.63, 3.8) is 0 Å². The van der Waals surface area contributed by atoms with E-state index in [0.29, 0.717) is 49.5 Å². The van der Waals surface area contributed by atoms with E-state index in [4.69, 9.17) is 11.6 Å². The number of hydrogen-bond acceptors (Lipinski definition) is 5. The van der Waals surface area contributed by atoms with Gasteiger partial charge in [0.05, 0.1) is 6.54 Å². The molecule has 0 aliphatic carbocycles. The lowest BCUT2D eigenvalue weighted by Gasteiger charge is -2.20. The maximum atomic E-state index is 14.1. The smallest absolute Gasteiger partial charge is 0.220 e. The summed E-state index contributed by atoms with van der Waals surface area (Å²) in [7, 11) is 0. The van der Waals surface area contributed by atoms with E-state index in [1.165, 1.54) is 6.07 Å². The summed E-state index contributed by atoms with van der Waals surface area (Å²) in [5.74, 6) is 1.29. The molecule has 3 aromatic rings. The molecule has 0 bridgehead atoms. The number of rotatable bonds is 7. The Kier molecular flexibility index (Phi) is 6.89. The van der Waals surface area contributed by atoms with Crippen LogP contribution in [0.15, 0.2) is 42.7 Å². The zero-order valence-electron chi connectivity index (χ0n) is 17.1. The molecule has 9 heteroatoms. The molecule has 1 N–H and O–H groups in total. The molecular weight excluding hydrogens is 419 g/mol. The predicted molar refractivity (Wildman–Crippen MR) is 115 cm³/mol. The highest BCUT2D eigenvalue weighted by atomic mass is 35.5. The lowest BCUT2D eigenvalue weighted by Crippen LogP contribution is -2.28. The van der Waals surface area contributed by atoms with Gasteiger partial charge in [0.15, 0.2) is 5.82 Å². The Labute approximate surface area is 185 Å². The van der Waals surface area contributed by atoms with Crippen molar-refractivity contribution in [1.29, 1.82) is 0 Å². The van der Waals surface area contributed by atoms with Crippen LogP contribution in [0.4, 0.5) is 4.39 Å². The molecule has 0 fully saturated rings. The Morgan fingerprint density at radius 3 is 2.87 bits per heavy atom. The van der Waals surface area contributed by atoms with Crippen LogP contribution in [0.2, 0.25) is 5.02 Å². The molecule has 0 radical (unpaired) electrons. The normalized spacial score (nSPS) is 14.1. The molecule has 1 aliphatic rings. The van der Waals surface area contributed by atoms with Crippen molar-refractivity contribution in [3.05, 3.63) is 76.3 Å².